The van der Waals surface area contributed by atoms with Gasteiger partial charge in [0.2, 0.25) is 5.91 Å². The lowest BCUT2D eigenvalue weighted by atomic mass is 9.81. The van der Waals surface area contributed by atoms with Crippen LogP contribution in [0.25, 0.3) is 0 Å². The van der Waals surface area contributed by atoms with Gasteiger partial charge in [-0.15, -0.1) is 11.8 Å². The van der Waals surface area contributed by atoms with Crippen LogP contribution in [-0.2, 0) is 23.9 Å². The SMILES string of the molecule is CCOC(=O)C1=C(C)N(C)C(SCCNC(C)=O)=C(C(=O)OCC)C1c1cccc([N+](=O)[O-])c1. The Morgan fingerprint density at radius 2 is 1.76 bits per heavy atom. The van der Waals surface area contributed by atoms with Gasteiger partial charge in [0.1, 0.15) is 0 Å². The average molecular weight is 492 g/mol. The Morgan fingerprint density at radius 3 is 2.32 bits per heavy atom. The van der Waals surface area contributed by atoms with Crippen molar-refractivity contribution in [3.05, 3.63) is 61.8 Å². The third-order valence-corrected chi connectivity index (χ3v) is 6.30. The van der Waals surface area contributed by atoms with Crippen molar-refractivity contribution < 1.29 is 28.8 Å². The Balaban J connectivity index is 2.73. The van der Waals surface area contributed by atoms with Crippen LogP contribution in [0.3, 0.4) is 0 Å². The molecule has 1 atom stereocenters. The van der Waals surface area contributed by atoms with E-state index in [4.69, 9.17) is 9.47 Å². The summed E-state index contributed by atoms with van der Waals surface area (Å²) in [6.45, 7) is 7.08. The maximum absolute atomic E-state index is 13.2. The fourth-order valence-electron chi connectivity index (χ4n) is 3.58. The molecule has 0 aromatic heterocycles. The number of benzene rings is 1. The monoisotopic (exact) mass is 491 g/mol. The summed E-state index contributed by atoms with van der Waals surface area (Å²) >= 11 is 1.32. The van der Waals surface area contributed by atoms with Crippen LogP contribution < -0.4 is 5.32 Å². The molecule has 0 fully saturated rings. The van der Waals surface area contributed by atoms with E-state index in [1.54, 1.807) is 38.8 Å². The number of nitrogens with one attached hydrogen (secondary N) is 1. The molecule has 1 amide bonds. The molecule has 10 nitrogen and oxygen atoms in total. The lowest BCUT2D eigenvalue weighted by Crippen LogP contribution is -2.34. The summed E-state index contributed by atoms with van der Waals surface area (Å²) in [6.07, 6.45) is 0. The van der Waals surface area contributed by atoms with E-state index in [1.807, 2.05) is 0 Å². The molecule has 0 aliphatic carbocycles. The number of carbonyl (C=O) groups is 3. The lowest BCUT2D eigenvalue weighted by Gasteiger charge is -2.36. The standard InChI is InChI=1S/C23H29N3O7S/c1-6-32-22(28)18-14(3)25(5)21(34-12-11-24-15(4)27)20(23(29)33-7-2)19(18)16-9-8-10-17(13-16)26(30)31/h8-10,13,19H,6-7,11-12H2,1-5H3,(H,24,27). The van der Waals surface area contributed by atoms with Crippen LogP contribution in [0.15, 0.2) is 46.1 Å². The second-order valence-corrected chi connectivity index (χ2v) is 8.42. The van der Waals surface area contributed by atoms with E-state index < -0.39 is 22.8 Å². The molecule has 1 N–H and O–H groups in total. The molecule has 1 aliphatic rings. The van der Waals surface area contributed by atoms with E-state index in [0.29, 0.717) is 28.6 Å². The zero-order valence-corrected chi connectivity index (χ0v) is 20.7. The lowest BCUT2D eigenvalue weighted by molar-refractivity contribution is -0.384. The Morgan fingerprint density at radius 1 is 1.15 bits per heavy atom. The van der Waals surface area contributed by atoms with Crippen LogP contribution >= 0.6 is 11.8 Å². The fraction of sp³-hybridized carbons (Fsp3) is 0.435. The van der Waals surface area contributed by atoms with Crippen LogP contribution in [0.4, 0.5) is 5.69 Å². The number of thioether (sulfide) groups is 1. The molecule has 0 spiro atoms. The number of rotatable bonds is 10. The molecule has 2 rings (SSSR count). The van der Waals surface area contributed by atoms with Gasteiger partial charge in [-0.25, -0.2) is 9.59 Å². The Hall–Kier alpha value is -3.34. The minimum atomic E-state index is -0.933. The quantitative estimate of drug-likeness (QED) is 0.227. The number of ether oxygens (including phenoxy) is 2. The maximum atomic E-state index is 13.2. The van der Waals surface area contributed by atoms with E-state index in [2.05, 4.69) is 5.32 Å². The van der Waals surface area contributed by atoms with Gasteiger partial charge in [-0.1, -0.05) is 12.1 Å². The highest BCUT2D eigenvalue weighted by molar-refractivity contribution is 8.03. The first-order valence-electron chi connectivity index (χ1n) is 10.8. The Kier molecular flexibility index (Phi) is 9.67. The van der Waals surface area contributed by atoms with Gasteiger partial charge < -0.3 is 19.7 Å². The Labute approximate surface area is 202 Å². The van der Waals surface area contributed by atoms with E-state index in [9.17, 15) is 24.5 Å². The minimum absolute atomic E-state index is 0.106. The first kappa shape index (κ1) is 26.9. The number of esters is 2. The normalized spacial score (nSPS) is 15.8. The first-order valence-corrected chi connectivity index (χ1v) is 11.8. The van der Waals surface area contributed by atoms with Crippen LogP contribution in [-0.4, -0.2) is 60.2 Å². The number of nitro benzene ring substituents is 1. The molecule has 1 heterocycles. The van der Waals surface area contributed by atoms with Crippen molar-refractivity contribution in [3.8, 4) is 0 Å². The van der Waals surface area contributed by atoms with Crippen molar-refractivity contribution in [2.45, 2.75) is 33.6 Å². The highest BCUT2D eigenvalue weighted by Gasteiger charge is 2.41. The third kappa shape index (κ3) is 6.16. The number of allylic oxidation sites excluding steroid dienone is 1. The van der Waals surface area contributed by atoms with Gasteiger partial charge >= 0.3 is 11.9 Å². The van der Waals surface area contributed by atoms with E-state index in [1.165, 1.54) is 36.9 Å². The van der Waals surface area contributed by atoms with Gasteiger partial charge in [-0.05, 0) is 26.3 Å². The van der Waals surface area contributed by atoms with Crippen molar-refractivity contribution in [1.82, 2.24) is 10.2 Å². The molecule has 11 heteroatoms. The average Bonchev–Trinajstić information content (AvgIpc) is 2.79. The third-order valence-electron chi connectivity index (χ3n) is 5.13. The fourth-order valence-corrected chi connectivity index (χ4v) is 4.66. The van der Waals surface area contributed by atoms with Gasteiger partial charge in [0.25, 0.3) is 5.69 Å². The van der Waals surface area contributed by atoms with Crippen LogP contribution in [0, 0.1) is 10.1 Å². The molecule has 1 aliphatic heterocycles. The zero-order valence-electron chi connectivity index (χ0n) is 19.9. The predicted octanol–water partition coefficient (Wildman–Crippen LogP) is 3.10. The number of amides is 1. The summed E-state index contributed by atoms with van der Waals surface area (Å²) < 4.78 is 10.6. The van der Waals surface area contributed by atoms with Crippen molar-refractivity contribution in [2.75, 3.05) is 32.6 Å². The van der Waals surface area contributed by atoms with E-state index in [-0.39, 0.29) is 36.0 Å². The second kappa shape index (κ2) is 12.2. The van der Waals surface area contributed by atoms with Crippen molar-refractivity contribution in [1.29, 1.82) is 0 Å². The number of carbonyl (C=O) groups excluding carboxylic acids is 3. The molecule has 1 aromatic rings. The number of nitro groups is 1. The van der Waals surface area contributed by atoms with E-state index in [0.717, 1.165) is 0 Å². The molecule has 0 bridgehead atoms. The van der Waals surface area contributed by atoms with Gasteiger partial charge in [-0.3, -0.25) is 14.9 Å². The van der Waals surface area contributed by atoms with Gasteiger partial charge in [0.05, 0.1) is 40.2 Å². The molecule has 0 saturated carbocycles. The number of nitrogens with zero attached hydrogens (tertiary/aromatic N) is 2. The molecule has 1 unspecified atom stereocenters. The summed E-state index contributed by atoms with van der Waals surface area (Å²) in [5, 5.41) is 14.7. The van der Waals surface area contributed by atoms with Crippen molar-refractivity contribution >= 4 is 35.3 Å². The van der Waals surface area contributed by atoms with Crippen molar-refractivity contribution in [2.24, 2.45) is 0 Å². The zero-order chi connectivity index (χ0) is 25.4. The Bertz CT molecular complexity index is 1040. The number of hydrogen-bond acceptors (Lipinski definition) is 9. The van der Waals surface area contributed by atoms with Crippen LogP contribution in [0.1, 0.15) is 39.2 Å². The molecular formula is C23H29N3O7S. The molecule has 184 valence electrons. The highest BCUT2D eigenvalue weighted by Crippen LogP contribution is 2.46. The summed E-state index contributed by atoms with van der Waals surface area (Å²) in [6, 6.07) is 5.84. The molecule has 0 radical (unpaired) electrons. The minimum Gasteiger partial charge on any atom is -0.463 e. The maximum Gasteiger partial charge on any atom is 0.337 e. The molecule has 0 saturated heterocycles. The van der Waals surface area contributed by atoms with Crippen LogP contribution in [0.2, 0.25) is 0 Å². The van der Waals surface area contributed by atoms with Gasteiger partial charge in [0.15, 0.2) is 0 Å². The van der Waals surface area contributed by atoms with Crippen LogP contribution in [0.5, 0.6) is 0 Å². The first-order chi connectivity index (χ1) is 16.1. The molecular weight excluding hydrogens is 462 g/mol. The van der Waals surface area contributed by atoms with Gasteiger partial charge in [-0.2, -0.15) is 0 Å². The summed E-state index contributed by atoms with van der Waals surface area (Å²) in [5.41, 5.74) is 1.17. The topological polar surface area (TPSA) is 128 Å². The molecule has 34 heavy (non-hydrogen) atoms. The van der Waals surface area contributed by atoms with E-state index >= 15 is 0 Å². The largest absolute Gasteiger partial charge is 0.463 e. The highest BCUT2D eigenvalue weighted by atomic mass is 32.2. The smallest absolute Gasteiger partial charge is 0.337 e. The summed E-state index contributed by atoms with van der Waals surface area (Å²) in [4.78, 5) is 50.1. The second-order valence-electron chi connectivity index (χ2n) is 7.33. The number of hydrogen-bond donors (Lipinski definition) is 1. The summed E-state index contributed by atoms with van der Waals surface area (Å²) in [5.74, 6) is -1.91. The predicted molar refractivity (Wildman–Crippen MR) is 128 cm³/mol. The van der Waals surface area contributed by atoms with Crippen molar-refractivity contribution in [3.63, 3.8) is 0 Å². The molecule has 1 aromatic carbocycles. The van der Waals surface area contributed by atoms with Gasteiger partial charge in [0, 0.05) is 44.1 Å². The number of non-ortho nitro benzene ring substituents is 1. The summed E-state index contributed by atoms with van der Waals surface area (Å²) in [7, 11) is 1.72.